The van der Waals surface area contributed by atoms with Crippen molar-refractivity contribution in [2.24, 2.45) is 67.5 Å². The van der Waals surface area contributed by atoms with Crippen molar-refractivity contribution in [3.63, 3.8) is 0 Å². The highest BCUT2D eigenvalue weighted by Crippen LogP contribution is 2.73. The van der Waals surface area contributed by atoms with Crippen molar-refractivity contribution in [1.82, 2.24) is 0 Å². The predicted molar refractivity (Wildman–Crippen MR) is 171 cm³/mol. The zero-order valence-electron chi connectivity index (χ0n) is 27.8. The zero-order chi connectivity index (χ0) is 28.4. The molecule has 40 heavy (non-hydrogen) atoms. The van der Waals surface area contributed by atoms with E-state index in [-0.39, 0.29) is 0 Å². The fourth-order valence-electron chi connectivity index (χ4n) is 15.1. The van der Waals surface area contributed by atoms with Crippen molar-refractivity contribution in [3.05, 3.63) is 24.3 Å². The Balaban J connectivity index is 0.000000132. The van der Waals surface area contributed by atoms with E-state index < -0.39 is 0 Å². The van der Waals surface area contributed by atoms with Gasteiger partial charge in [0.1, 0.15) is 0 Å². The molecule has 0 aromatic rings. The van der Waals surface area contributed by atoms with Crippen LogP contribution in [0.1, 0.15) is 158 Å². The Hall–Kier alpha value is -0.520. The van der Waals surface area contributed by atoms with Crippen LogP contribution in [0.3, 0.4) is 0 Å². The van der Waals surface area contributed by atoms with Crippen molar-refractivity contribution in [1.29, 1.82) is 0 Å². The summed E-state index contributed by atoms with van der Waals surface area (Å²) in [6.07, 6.45) is 30.4. The van der Waals surface area contributed by atoms with Crippen LogP contribution >= 0.6 is 0 Å². The minimum absolute atomic E-state index is 0.546. The van der Waals surface area contributed by atoms with Gasteiger partial charge in [0.15, 0.2) is 0 Å². The lowest BCUT2D eigenvalue weighted by molar-refractivity contribution is -0.144. The second kappa shape index (κ2) is 8.78. The van der Waals surface area contributed by atoms with Gasteiger partial charge in [-0.3, -0.25) is 0 Å². The lowest BCUT2D eigenvalue weighted by atomic mass is 9.40. The van der Waals surface area contributed by atoms with Gasteiger partial charge in [0.05, 0.1) is 0 Å². The van der Waals surface area contributed by atoms with Crippen molar-refractivity contribution in [2.75, 3.05) is 0 Å². The third-order valence-corrected chi connectivity index (χ3v) is 16.6. The molecule has 0 nitrogen and oxygen atoms in total. The second-order valence-corrected chi connectivity index (χ2v) is 19.6. The van der Waals surface area contributed by atoms with Crippen LogP contribution in [0, 0.1) is 67.5 Å². The van der Waals surface area contributed by atoms with E-state index in [0.717, 1.165) is 29.6 Å². The zero-order valence-corrected chi connectivity index (χ0v) is 27.8. The Morgan fingerprint density at radius 3 is 1.88 bits per heavy atom. The molecule has 7 saturated carbocycles. The highest BCUT2D eigenvalue weighted by molar-refractivity contribution is 5.25. The topological polar surface area (TPSA) is 0 Å². The van der Waals surface area contributed by atoms with Crippen LogP contribution in [0.15, 0.2) is 24.3 Å². The first kappa shape index (κ1) is 28.3. The molecule has 8 rings (SSSR count). The molecule has 0 aliphatic heterocycles. The van der Waals surface area contributed by atoms with E-state index in [4.69, 9.17) is 0 Å². The normalized spacial score (nSPS) is 54.8. The molecule has 2 spiro atoms. The molecule has 8 aliphatic rings. The van der Waals surface area contributed by atoms with Gasteiger partial charge in [-0.1, -0.05) is 85.6 Å². The molecule has 224 valence electrons. The molecule has 0 aromatic carbocycles. The molecule has 4 bridgehead atoms. The second-order valence-electron chi connectivity index (χ2n) is 19.6. The fourth-order valence-corrected chi connectivity index (χ4v) is 15.1. The van der Waals surface area contributed by atoms with Crippen LogP contribution in [0.5, 0.6) is 0 Å². The van der Waals surface area contributed by atoms with Crippen molar-refractivity contribution >= 4 is 0 Å². The van der Waals surface area contributed by atoms with Gasteiger partial charge in [0.2, 0.25) is 0 Å². The van der Waals surface area contributed by atoms with Gasteiger partial charge < -0.3 is 0 Å². The Kier molecular flexibility index (Phi) is 6.20. The number of rotatable bonds is 0. The monoisotopic (exact) mass is 545 g/mol. The van der Waals surface area contributed by atoms with E-state index in [1.54, 1.807) is 5.57 Å². The van der Waals surface area contributed by atoms with Gasteiger partial charge >= 0.3 is 0 Å². The molecular formula is C40H64. The summed E-state index contributed by atoms with van der Waals surface area (Å²) in [4.78, 5) is 0. The quantitative estimate of drug-likeness (QED) is 0.266. The number of hydrogen-bond donors (Lipinski definition) is 0. The predicted octanol–water partition coefficient (Wildman–Crippen LogP) is 12.0. The molecule has 0 radical (unpaired) electrons. The van der Waals surface area contributed by atoms with Crippen molar-refractivity contribution in [2.45, 2.75) is 158 Å². The van der Waals surface area contributed by atoms with Crippen LogP contribution in [0.2, 0.25) is 0 Å². The molecule has 4 unspecified atom stereocenters. The standard InChI is InChI=1S/2C20H32/c1-17(2)8-5-9-19(4)15(17)7-11-20-13-12-18(3,14-20)10-6-16(19)20;1-14-12-20-11-8-16-18(2,3)9-5-10-19(16,4)17(20)7-6-15(14)13-20/h12-13,15-16H,5-11,14H2,1-4H3;15-17H,1,5-13H2,2-4H3/t15?,16?,18-,19-,20+;15-,16?,17?,19-,20-/m11/s1. The van der Waals surface area contributed by atoms with Gasteiger partial charge in [-0.05, 0) is 164 Å². The molecule has 0 heteroatoms. The van der Waals surface area contributed by atoms with E-state index >= 15 is 0 Å². The third-order valence-electron chi connectivity index (χ3n) is 16.6. The maximum atomic E-state index is 4.44. The van der Waals surface area contributed by atoms with Crippen molar-refractivity contribution < 1.29 is 0 Å². The molecule has 7 fully saturated rings. The maximum absolute atomic E-state index is 4.44. The van der Waals surface area contributed by atoms with Gasteiger partial charge in [-0.25, -0.2) is 0 Å². The van der Waals surface area contributed by atoms with Gasteiger partial charge in [-0.2, -0.15) is 0 Å². The molecule has 10 atom stereocenters. The summed E-state index contributed by atoms with van der Waals surface area (Å²) in [5.74, 6) is 4.81. The highest BCUT2D eigenvalue weighted by atomic mass is 14.7. The summed E-state index contributed by atoms with van der Waals surface area (Å²) >= 11 is 0. The Morgan fingerprint density at radius 1 is 0.600 bits per heavy atom. The minimum Gasteiger partial charge on any atom is -0.0996 e. The first-order valence-electron chi connectivity index (χ1n) is 18.1. The first-order valence-corrected chi connectivity index (χ1v) is 18.1. The average molecular weight is 545 g/mol. The first-order chi connectivity index (χ1) is 18.7. The van der Waals surface area contributed by atoms with Crippen LogP contribution in [0.4, 0.5) is 0 Å². The summed E-state index contributed by atoms with van der Waals surface area (Å²) in [6.45, 7) is 22.6. The fraction of sp³-hybridized carbons (Fsp3) is 0.900. The van der Waals surface area contributed by atoms with Crippen LogP contribution in [-0.4, -0.2) is 0 Å². The molecule has 0 aromatic heterocycles. The number of hydrogen-bond acceptors (Lipinski definition) is 0. The summed E-state index contributed by atoms with van der Waals surface area (Å²) < 4.78 is 0. The minimum atomic E-state index is 0.546. The van der Waals surface area contributed by atoms with Crippen LogP contribution in [0.25, 0.3) is 0 Å². The summed E-state index contributed by atoms with van der Waals surface area (Å²) in [6, 6.07) is 0. The highest BCUT2D eigenvalue weighted by Gasteiger charge is 2.64. The Labute approximate surface area is 249 Å². The van der Waals surface area contributed by atoms with Crippen LogP contribution < -0.4 is 0 Å². The molecule has 0 saturated heterocycles. The average Bonchev–Trinajstić information content (AvgIpc) is 3.24. The van der Waals surface area contributed by atoms with Gasteiger partial charge in [0.25, 0.3) is 0 Å². The number of fused-ring (bicyclic) bond motifs is 6. The Bertz CT molecular complexity index is 1070. The lowest BCUT2D eigenvalue weighted by Gasteiger charge is -2.64. The summed E-state index contributed by atoms with van der Waals surface area (Å²) in [5, 5.41) is 0. The third kappa shape index (κ3) is 3.87. The van der Waals surface area contributed by atoms with Gasteiger partial charge in [-0.15, -0.1) is 0 Å². The maximum Gasteiger partial charge on any atom is -0.00762 e. The van der Waals surface area contributed by atoms with E-state index in [9.17, 15) is 0 Å². The number of allylic oxidation sites excluding steroid dienone is 3. The van der Waals surface area contributed by atoms with E-state index in [0.29, 0.717) is 37.9 Å². The molecule has 0 N–H and O–H groups in total. The Morgan fingerprint density at radius 2 is 1.20 bits per heavy atom. The molecule has 8 aliphatic carbocycles. The van der Waals surface area contributed by atoms with Gasteiger partial charge in [0, 0.05) is 0 Å². The largest absolute Gasteiger partial charge is 0.0996 e. The van der Waals surface area contributed by atoms with E-state index in [2.05, 4.69) is 67.2 Å². The van der Waals surface area contributed by atoms with Crippen molar-refractivity contribution in [3.8, 4) is 0 Å². The lowest BCUT2D eigenvalue weighted by Crippen LogP contribution is -2.56. The van der Waals surface area contributed by atoms with Crippen LogP contribution in [-0.2, 0) is 0 Å². The van der Waals surface area contributed by atoms with E-state index in [1.165, 1.54) is 109 Å². The smallest absolute Gasteiger partial charge is 0.00762 e. The molecule has 0 amide bonds. The summed E-state index contributed by atoms with van der Waals surface area (Å²) in [5.41, 5.74) is 5.85. The molecule has 0 heterocycles. The van der Waals surface area contributed by atoms with E-state index in [1.807, 2.05) is 0 Å². The molecular weight excluding hydrogens is 480 g/mol. The summed E-state index contributed by atoms with van der Waals surface area (Å²) in [7, 11) is 0. The SMILES string of the molecule is C=C1C[C@@]23CCC4C(C)(C)CCC[C@@]4(C)C2CC[C@@H]1C3.CC1(C)CCC[C@]2(C)C1CC[C@@]13C=C[C@@](C)(CCC12)C3.